The number of hydrogen-bond donors (Lipinski definition) is 1. The van der Waals surface area contributed by atoms with E-state index in [2.05, 4.69) is 6.92 Å². The van der Waals surface area contributed by atoms with Gasteiger partial charge in [0.15, 0.2) is 0 Å². The fourth-order valence-electron chi connectivity index (χ4n) is 2.18. The summed E-state index contributed by atoms with van der Waals surface area (Å²) in [5.74, 6) is 0. The molecule has 0 aliphatic carbocycles. The summed E-state index contributed by atoms with van der Waals surface area (Å²) in [7, 11) is 0. The predicted octanol–water partition coefficient (Wildman–Crippen LogP) is 3.55. The molecule has 0 saturated carbocycles. The summed E-state index contributed by atoms with van der Waals surface area (Å²) >= 11 is 0. The van der Waals surface area contributed by atoms with Gasteiger partial charge in [-0.1, -0.05) is 31.2 Å². The maximum absolute atomic E-state index is 10.8. The number of nitrogens with zero attached hydrogens (tertiary/aromatic N) is 1. The third-order valence-electron chi connectivity index (χ3n) is 3.44. The molecular weight excluding hydrogens is 254 g/mol. The van der Waals surface area contributed by atoms with Gasteiger partial charge in [-0.2, -0.15) is 0 Å². The second-order valence-corrected chi connectivity index (χ2v) is 4.80. The number of nitro groups is 1. The topological polar surface area (TPSA) is 63.4 Å². The van der Waals surface area contributed by atoms with Crippen LogP contribution in [0.3, 0.4) is 0 Å². The van der Waals surface area contributed by atoms with Crippen molar-refractivity contribution in [2.24, 2.45) is 0 Å². The lowest BCUT2D eigenvalue weighted by Crippen LogP contribution is -2.01. The Hall–Kier alpha value is -2.20. The fourth-order valence-corrected chi connectivity index (χ4v) is 2.18. The molecule has 0 amide bonds. The van der Waals surface area contributed by atoms with Crippen molar-refractivity contribution in [1.82, 2.24) is 0 Å². The molecule has 2 rings (SSSR count). The number of nitro benzene ring substituents is 1. The van der Waals surface area contributed by atoms with E-state index in [1.54, 1.807) is 19.1 Å². The Labute approximate surface area is 117 Å². The van der Waals surface area contributed by atoms with Crippen LogP contribution in [0.4, 0.5) is 5.69 Å². The molecule has 0 spiro atoms. The first-order valence-electron chi connectivity index (χ1n) is 6.54. The highest BCUT2D eigenvalue weighted by Gasteiger charge is 2.15. The van der Waals surface area contributed by atoms with Gasteiger partial charge in [-0.15, -0.1) is 0 Å². The van der Waals surface area contributed by atoms with Gasteiger partial charge in [0.2, 0.25) is 0 Å². The lowest BCUT2D eigenvalue weighted by atomic mass is 9.98. The van der Waals surface area contributed by atoms with Crippen molar-refractivity contribution in [2.75, 3.05) is 0 Å². The lowest BCUT2D eigenvalue weighted by Gasteiger charge is -2.12. The van der Waals surface area contributed by atoms with Gasteiger partial charge in [-0.3, -0.25) is 10.1 Å². The quantitative estimate of drug-likeness (QED) is 0.683. The van der Waals surface area contributed by atoms with Crippen molar-refractivity contribution in [2.45, 2.75) is 26.4 Å². The standard InChI is InChI=1S/C16H17NO3/c1-3-12-4-6-13(7-5-12)16(18)14-8-9-15(17(19)20)11(2)10-14/h4-10,16,18H,3H2,1-2H3/t16-/m0/s1. The number of aliphatic hydroxyl groups excluding tert-OH is 1. The van der Waals surface area contributed by atoms with Crippen LogP contribution in [0.1, 0.15) is 35.3 Å². The first kappa shape index (κ1) is 14.2. The summed E-state index contributed by atoms with van der Waals surface area (Å²) < 4.78 is 0. The van der Waals surface area contributed by atoms with E-state index < -0.39 is 11.0 Å². The van der Waals surface area contributed by atoms with Gasteiger partial charge in [0.1, 0.15) is 6.10 Å². The van der Waals surface area contributed by atoms with Gasteiger partial charge in [0.25, 0.3) is 5.69 Å². The first-order valence-corrected chi connectivity index (χ1v) is 6.54. The van der Waals surface area contributed by atoms with Crippen LogP contribution in [0.25, 0.3) is 0 Å². The Morgan fingerprint density at radius 1 is 1.15 bits per heavy atom. The molecule has 1 N–H and O–H groups in total. The van der Waals surface area contributed by atoms with Crippen molar-refractivity contribution >= 4 is 5.69 Å². The Morgan fingerprint density at radius 2 is 1.75 bits per heavy atom. The van der Waals surface area contributed by atoms with Crippen LogP contribution < -0.4 is 0 Å². The third kappa shape index (κ3) is 2.86. The average Bonchev–Trinajstić information content (AvgIpc) is 2.46. The number of aliphatic hydroxyl groups is 1. The molecule has 0 heterocycles. The summed E-state index contributed by atoms with van der Waals surface area (Å²) in [6.45, 7) is 3.75. The van der Waals surface area contributed by atoms with Gasteiger partial charge in [0.05, 0.1) is 4.92 Å². The van der Waals surface area contributed by atoms with Crippen molar-refractivity contribution < 1.29 is 10.0 Å². The van der Waals surface area contributed by atoms with E-state index in [1.165, 1.54) is 11.6 Å². The number of rotatable bonds is 4. The van der Waals surface area contributed by atoms with E-state index in [0.717, 1.165) is 12.0 Å². The molecule has 0 bridgehead atoms. The zero-order valence-corrected chi connectivity index (χ0v) is 11.5. The molecule has 0 saturated heterocycles. The molecule has 0 radical (unpaired) electrons. The van der Waals surface area contributed by atoms with E-state index in [9.17, 15) is 15.2 Å². The summed E-state index contributed by atoms with van der Waals surface area (Å²) in [6, 6.07) is 12.4. The fraction of sp³-hybridized carbons (Fsp3) is 0.250. The molecule has 2 aromatic carbocycles. The molecule has 0 aliphatic rings. The van der Waals surface area contributed by atoms with E-state index in [0.29, 0.717) is 11.1 Å². The summed E-state index contributed by atoms with van der Waals surface area (Å²) in [5, 5.41) is 21.1. The highest BCUT2D eigenvalue weighted by Crippen LogP contribution is 2.26. The Bertz CT molecular complexity index is 620. The summed E-state index contributed by atoms with van der Waals surface area (Å²) in [4.78, 5) is 10.4. The lowest BCUT2D eigenvalue weighted by molar-refractivity contribution is -0.385. The van der Waals surface area contributed by atoms with E-state index in [1.807, 2.05) is 24.3 Å². The van der Waals surface area contributed by atoms with Crippen molar-refractivity contribution in [3.8, 4) is 0 Å². The van der Waals surface area contributed by atoms with E-state index >= 15 is 0 Å². The molecular formula is C16H17NO3. The molecule has 0 aromatic heterocycles. The molecule has 4 heteroatoms. The molecule has 20 heavy (non-hydrogen) atoms. The maximum Gasteiger partial charge on any atom is 0.272 e. The predicted molar refractivity (Wildman–Crippen MR) is 77.7 cm³/mol. The van der Waals surface area contributed by atoms with E-state index in [-0.39, 0.29) is 5.69 Å². The van der Waals surface area contributed by atoms with Crippen LogP contribution in [0.5, 0.6) is 0 Å². The number of aryl methyl sites for hydroxylation is 2. The van der Waals surface area contributed by atoms with Crippen LogP contribution >= 0.6 is 0 Å². The smallest absolute Gasteiger partial charge is 0.272 e. The van der Waals surface area contributed by atoms with Crippen molar-refractivity contribution in [1.29, 1.82) is 0 Å². The SMILES string of the molecule is CCc1ccc([C@H](O)c2ccc([N+](=O)[O-])c(C)c2)cc1. The second kappa shape index (κ2) is 5.84. The number of benzene rings is 2. The second-order valence-electron chi connectivity index (χ2n) is 4.80. The van der Waals surface area contributed by atoms with Crippen LogP contribution in [0, 0.1) is 17.0 Å². The van der Waals surface area contributed by atoms with Gasteiger partial charge < -0.3 is 5.11 Å². The van der Waals surface area contributed by atoms with Gasteiger partial charge in [-0.05, 0) is 42.2 Å². The first-order chi connectivity index (χ1) is 9.52. The van der Waals surface area contributed by atoms with Crippen LogP contribution in [0.15, 0.2) is 42.5 Å². The molecule has 4 nitrogen and oxygen atoms in total. The average molecular weight is 271 g/mol. The zero-order valence-electron chi connectivity index (χ0n) is 11.5. The molecule has 1 atom stereocenters. The molecule has 104 valence electrons. The normalized spacial score (nSPS) is 12.2. The maximum atomic E-state index is 10.8. The monoisotopic (exact) mass is 271 g/mol. The molecule has 2 aromatic rings. The van der Waals surface area contributed by atoms with Gasteiger partial charge in [-0.25, -0.2) is 0 Å². The third-order valence-corrected chi connectivity index (χ3v) is 3.44. The minimum atomic E-state index is -0.764. The van der Waals surface area contributed by atoms with Crippen molar-refractivity contribution in [3.05, 3.63) is 74.8 Å². The summed E-state index contributed by atoms with van der Waals surface area (Å²) in [6.07, 6.45) is 0.188. The van der Waals surface area contributed by atoms with Crippen LogP contribution in [-0.4, -0.2) is 10.0 Å². The summed E-state index contributed by atoms with van der Waals surface area (Å²) in [5.41, 5.74) is 3.28. The largest absolute Gasteiger partial charge is 0.384 e. The minimum absolute atomic E-state index is 0.0716. The van der Waals surface area contributed by atoms with Crippen LogP contribution in [0.2, 0.25) is 0 Å². The van der Waals surface area contributed by atoms with Crippen molar-refractivity contribution in [3.63, 3.8) is 0 Å². The Morgan fingerprint density at radius 3 is 2.25 bits per heavy atom. The number of hydrogen-bond acceptors (Lipinski definition) is 3. The minimum Gasteiger partial charge on any atom is -0.384 e. The molecule has 0 fully saturated rings. The van der Waals surface area contributed by atoms with E-state index in [4.69, 9.17) is 0 Å². The molecule has 0 unspecified atom stereocenters. The van der Waals surface area contributed by atoms with Gasteiger partial charge in [0, 0.05) is 11.6 Å². The highest BCUT2D eigenvalue weighted by atomic mass is 16.6. The van der Waals surface area contributed by atoms with Crippen LogP contribution in [-0.2, 0) is 6.42 Å². The molecule has 0 aliphatic heterocycles. The Balaban J connectivity index is 2.30. The Kier molecular flexibility index (Phi) is 4.15. The zero-order chi connectivity index (χ0) is 14.7. The highest BCUT2D eigenvalue weighted by molar-refractivity contribution is 5.44. The van der Waals surface area contributed by atoms with Gasteiger partial charge >= 0.3 is 0 Å².